The average Bonchev–Trinajstić information content (AvgIpc) is 3.05. The summed E-state index contributed by atoms with van der Waals surface area (Å²) in [6, 6.07) is 5.69. The molecular formula is C25H35FO5S. The molecule has 7 heteroatoms. The number of hydrogen-bond donors (Lipinski definition) is 2. The smallest absolute Gasteiger partial charge is 0.306 e. The highest BCUT2D eigenvalue weighted by atomic mass is 32.2. The minimum Gasteiger partial charge on any atom is -0.491 e. The first kappa shape index (κ1) is 25.1. The molecule has 1 saturated carbocycles. The lowest BCUT2D eigenvalue weighted by atomic mass is 9.88. The van der Waals surface area contributed by atoms with Crippen LogP contribution in [0.2, 0.25) is 0 Å². The van der Waals surface area contributed by atoms with E-state index in [-0.39, 0.29) is 30.4 Å². The number of carbonyl (C=O) groups is 1. The number of halogens is 1. The number of aliphatic hydroxyl groups is 2. The topological polar surface area (TPSA) is 76.0 Å². The second-order valence-electron chi connectivity index (χ2n) is 9.07. The minimum atomic E-state index is -0.791. The van der Waals surface area contributed by atoms with Crippen molar-refractivity contribution in [3.05, 3.63) is 42.2 Å². The van der Waals surface area contributed by atoms with E-state index in [4.69, 9.17) is 9.47 Å². The Morgan fingerprint density at radius 2 is 2.03 bits per heavy atom. The molecule has 0 bridgehead atoms. The Morgan fingerprint density at radius 3 is 2.75 bits per heavy atom. The molecule has 2 N–H and O–H groups in total. The van der Waals surface area contributed by atoms with Crippen molar-refractivity contribution in [2.45, 2.75) is 81.2 Å². The van der Waals surface area contributed by atoms with E-state index in [2.05, 4.69) is 0 Å². The second-order valence-corrected chi connectivity index (χ2v) is 10.6. The summed E-state index contributed by atoms with van der Waals surface area (Å²) in [6.45, 7) is 3.81. The largest absolute Gasteiger partial charge is 0.491 e. The highest BCUT2D eigenvalue weighted by Gasteiger charge is 2.44. The molecule has 1 aromatic carbocycles. The Balaban J connectivity index is 1.41. The van der Waals surface area contributed by atoms with Gasteiger partial charge in [0.1, 0.15) is 24.3 Å². The molecule has 178 valence electrons. The van der Waals surface area contributed by atoms with Gasteiger partial charge in [0.05, 0.1) is 12.2 Å². The summed E-state index contributed by atoms with van der Waals surface area (Å²) in [6.07, 6.45) is 7.58. The molecule has 0 radical (unpaired) electrons. The lowest BCUT2D eigenvalue weighted by Crippen LogP contribution is -2.27. The summed E-state index contributed by atoms with van der Waals surface area (Å²) in [5.41, 5.74) is 0. The molecule has 1 aliphatic heterocycles. The fourth-order valence-electron chi connectivity index (χ4n) is 4.64. The van der Waals surface area contributed by atoms with Crippen LogP contribution in [0.15, 0.2) is 36.4 Å². The van der Waals surface area contributed by atoms with E-state index in [1.54, 1.807) is 6.08 Å². The Labute approximate surface area is 194 Å². The highest BCUT2D eigenvalue weighted by Crippen LogP contribution is 2.49. The van der Waals surface area contributed by atoms with Crippen LogP contribution in [0.3, 0.4) is 0 Å². The van der Waals surface area contributed by atoms with Gasteiger partial charge in [0.25, 0.3) is 0 Å². The van der Waals surface area contributed by atoms with Crippen LogP contribution < -0.4 is 4.74 Å². The quantitative estimate of drug-likeness (QED) is 0.391. The molecule has 5 nitrogen and oxygen atoms in total. The minimum absolute atomic E-state index is 0.0370. The molecule has 1 aliphatic carbocycles. The number of esters is 1. The number of hydrogen-bond acceptors (Lipinski definition) is 6. The summed E-state index contributed by atoms with van der Waals surface area (Å²) in [7, 11) is 0. The maximum atomic E-state index is 12.9. The van der Waals surface area contributed by atoms with Gasteiger partial charge < -0.3 is 19.7 Å². The molecule has 0 unspecified atom stereocenters. The number of fused-ring (bicyclic) bond motifs is 1. The Hall–Kier alpha value is -1.57. The summed E-state index contributed by atoms with van der Waals surface area (Å²) in [5.74, 6) is 0.492. The van der Waals surface area contributed by atoms with Crippen molar-refractivity contribution in [2.24, 2.45) is 11.8 Å². The molecule has 32 heavy (non-hydrogen) atoms. The maximum Gasteiger partial charge on any atom is 0.306 e. The summed E-state index contributed by atoms with van der Waals surface area (Å²) < 4.78 is 23.6. The van der Waals surface area contributed by atoms with Crippen LogP contribution in [0.25, 0.3) is 0 Å². The van der Waals surface area contributed by atoms with Crippen LogP contribution in [0.5, 0.6) is 5.75 Å². The third kappa shape index (κ3) is 7.49. The van der Waals surface area contributed by atoms with Gasteiger partial charge in [0.2, 0.25) is 0 Å². The highest BCUT2D eigenvalue weighted by molar-refractivity contribution is 8.00. The van der Waals surface area contributed by atoms with E-state index in [0.29, 0.717) is 28.6 Å². The van der Waals surface area contributed by atoms with E-state index in [0.717, 1.165) is 32.1 Å². The molecule has 1 saturated heterocycles. The van der Waals surface area contributed by atoms with Gasteiger partial charge in [-0.05, 0) is 76.1 Å². The van der Waals surface area contributed by atoms with Crippen LogP contribution in [0.4, 0.5) is 4.39 Å². The third-order valence-electron chi connectivity index (χ3n) is 6.14. The Bertz CT molecular complexity index is 753. The van der Waals surface area contributed by atoms with Crippen molar-refractivity contribution >= 4 is 17.7 Å². The van der Waals surface area contributed by atoms with Crippen molar-refractivity contribution in [3.8, 4) is 5.75 Å². The molecule has 1 heterocycles. The van der Waals surface area contributed by atoms with Gasteiger partial charge in [-0.25, -0.2) is 4.39 Å². The van der Waals surface area contributed by atoms with E-state index < -0.39 is 12.2 Å². The summed E-state index contributed by atoms with van der Waals surface area (Å²) in [5, 5.41) is 21.8. The van der Waals surface area contributed by atoms with Crippen LogP contribution in [0, 0.1) is 17.7 Å². The average molecular weight is 467 g/mol. The SMILES string of the molecule is CC(C)OC(=O)CCC[C@H]1CC[C@@H]2[C@@H](/C=C/[C@@H](O)COc3ccc(F)cc3)[C@H](O)C[C@@H]2S1. The van der Waals surface area contributed by atoms with Crippen LogP contribution in [-0.4, -0.2) is 51.6 Å². The Kier molecular flexibility index (Phi) is 9.44. The lowest BCUT2D eigenvalue weighted by Gasteiger charge is -2.33. The molecule has 0 aromatic heterocycles. The van der Waals surface area contributed by atoms with Gasteiger partial charge in [-0.1, -0.05) is 12.2 Å². The van der Waals surface area contributed by atoms with Crippen molar-refractivity contribution in [3.63, 3.8) is 0 Å². The molecule has 1 aromatic rings. The van der Waals surface area contributed by atoms with E-state index in [9.17, 15) is 19.4 Å². The normalized spacial score (nSPS) is 28.6. The first-order valence-electron chi connectivity index (χ1n) is 11.6. The maximum absolute atomic E-state index is 12.9. The molecule has 0 spiro atoms. The predicted octanol–water partition coefficient (Wildman–Crippen LogP) is 4.50. The lowest BCUT2D eigenvalue weighted by molar-refractivity contribution is -0.147. The van der Waals surface area contributed by atoms with Crippen molar-refractivity contribution < 1.29 is 28.9 Å². The van der Waals surface area contributed by atoms with Crippen molar-refractivity contribution in [2.75, 3.05) is 6.61 Å². The molecule has 2 fully saturated rings. The van der Waals surface area contributed by atoms with Gasteiger partial charge in [-0.2, -0.15) is 11.8 Å². The van der Waals surface area contributed by atoms with Gasteiger partial charge in [-0.3, -0.25) is 4.79 Å². The van der Waals surface area contributed by atoms with Crippen LogP contribution >= 0.6 is 11.8 Å². The second kappa shape index (κ2) is 12.1. The van der Waals surface area contributed by atoms with Crippen LogP contribution in [0.1, 0.15) is 52.4 Å². The monoisotopic (exact) mass is 466 g/mol. The zero-order valence-corrected chi connectivity index (χ0v) is 19.7. The molecule has 6 atom stereocenters. The molecule has 3 rings (SSSR count). The number of carbonyl (C=O) groups excluding carboxylic acids is 1. The first-order chi connectivity index (χ1) is 15.3. The number of rotatable bonds is 10. The fraction of sp³-hybridized carbons (Fsp3) is 0.640. The Morgan fingerprint density at radius 1 is 1.28 bits per heavy atom. The van der Waals surface area contributed by atoms with Crippen LogP contribution in [-0.2, 0) is 9.53 Å². The van der Waals surface area contributed by atoms with Gasteiger partial charge in [0.15, 0.2) is 0 Å². The zero-order valence-electron chi connectivity index (χ0n) is 18.9. The first-order valence-corrected chi connectivity index (χ1v) is 12.5. The van der Waals surface area contributed by atoms with Gasteiger partial charge in [0, 0.05) is 22.8 Å². The number of benzene rings is 1. The number of ether oxygens (including phenoxy) is 2. The molecule has 0 amide bonds. The third-order valence-corrected chi connectivity index (χ3v) is 7.89. The molecule has 2 aliphatic rings. The van der Waals surface area contributed by atoms with E-state index >= 15 is 0 Å². The van der Waals surface area contributed by atoms with E-state index in [1.165, 1.54) is 24.3 Å². The fourth-order valence-corrected chi connectivity index (χ4v) is 6.53. The standard InChI is InChI=1S/C25H35FO5S/c1-16(2)31-25(29)5-3-4-20-11-13-22-21(23(28)14-24(22)32-20)12-8-18(27)15-30-19-9-6-17(26)7-10-19/h6-10,12,16,18,20-24,27-28H,3-5,11,13-15H2,1-2H3/b12-8+/t18-,20+,21-,22-,23-,24+/m1/s1. The molecular weight excluding hydrogens is 431 g/mol. The number of aliphatic hydroxyl groups excluding tert-OH is 2. The zero-order chi connectivity index (χ0) is 23.1. The van der Waals surface area contributed by atoms with E-state index in [1.807, 2.05) is 31.7 Å². The predicted molar refractivity (Wildman–Crippen MR) is 124 cm³/mol. The van der Waals surface area contributed by atoms with Gasteiger partial charge in [-0.15, -0.1) is 0 Å². The van der Waals surface area contributed by atoms with Gasteiger partial charge >= 0.3 is 5.97 Å². The number of thioether (sulfide) groups is 1. The van der Waals surface area contributed by atoms with Crippen molar-refractivity contribution in [1.82, 2.24) is 0 Å². The van der Waals surface area contributed by atoms with Crippen molar-refractivity contribution in [1.29, 1.82) is 0 Å². The summed E-state index contributed by atoms with van der Waals surface area (Å²) >= 11 is 1.95. The summed E-state index contributed by atoms with van der Waals surface area (Å²) in [4.78, 5) is 11.7.